The van der Waals surface area contributed by atoms with Gasteiger partial charge in [-0.2, -0.15) is 0 Å². The second-order valence-corrected chi connectivity index (χ2v) is 12.0. The summed E-state index contributed by atoms with van der Waals surface area (Å²) in [6.07, 6.45) is 3.16. The smallest absolute Gasteiger partial charge is 0.348 e. The molecule has 34 heavy (non-hydrogen) atoms. The molecular weight excluding hydrogens is 570 g/mol. The highest BCUT2D eigenvalue weighted by atomic mass is 79.9. The molecule has 2 heterocycles. The number of imidazole rings is 1. The molecule has 0 saturated carbocycles. The summed E-state index contributed by atoms with van der Waals surface area (Å²) in [5.41, 5.74) is 0.992. The van der Waals surface area contributed by atoms with E-state index in [0.29, 0.717) is 19.7 Å². The van der Waals surface area contributed by atoms with Crippen LogP contribution in [0, 0.1) is 11.6 Å². The van der Waals surface area contributed by atoms with Crippen LogP contribution in [0.4, 0.5) is 8.78 Å². The topological polar surface area (TPSA) is 78.3 Å². The molecule has 0 fully saturated rings. The lowest BCUT2D eigenvalue weighted by atomic mass is 10.2. The number of fused-ring (bicyclic) bond motifs is 1. The summed E-state index contributed by atoms with van der Waals surface area (Å²) >= 11 is 5.64. The van der Waals surface area contributed by atoms with Crippen LogP contribution in [-0.4, -0.2) is 36.8 Å². The van der Waals surface area contributed by atoms with E-state index in [0.717, 1.165) is 29.5 Å². The van der Waals surface area contributed by atoms with Gasteiger partial charge in [0.2, 0.25) is 9.84 Å². The number of ether oxygens (including phenoxy) is 1. The van der Waals surface area contributed by atoms with Gasteiger partial charge in [-0.25, -0.2) is 27.0 Å². The maximum absolute atomic E-state index is 14.2. The number of thioether (sulfide) groups is 1. The van der Waals surface area contributed by atoms with Crippen molar-refractivity contribution in [3.05, 3.63) is 69.3 Å². The summed E-state index contributed by atoms with van der Waals surface area (Å²) in [6.45, 7) is 1.80. The van der Waals surface area contributed by atoms with Crippen molar-refractivity contribution >= 4 is 65.9 Å². The van der Waals surface area contributed by atoms with Crippen molar-refractivity contribution in [2.45, 2.75) is 27.5 Å². The molecule has 2 aromatic carbocycles. The Hall–Kier alpha value is -2.28. The van der Waals surface area contributed by atoms with Crippen LogP contribution < -0.4 is 0 Å². The predicted molar refractivity (Wildman–Crippen MR) is 130 cm³/mol. The van der Waals surface area contributed by atoms with E-state index < -0.39 is 27.4 Å². The van der Waals surface area contributed by atoms with Gasteiger partial charge in [-0.05, 0) is 65.5 Å². The van der Waals surface area contributed by atoms with Crippen molar-refractivity contribution in [2.24, 2.45) is 0 Å². The molecule has 0 radical (unpaired) electrons. The Bertz CT molecular complexity index is 1520. The fourth-order valence-corrected chi connectivity index (χ4v) is 7.98. The zero-order valence-corrected chi connectivity index (χ0v) is 21.9. The molecule has 0 aliphatic carbocycles. The van der Waals surface area contributed by atoms with E-state index in [9.17, 15) is 22.0 Å². The average Bonchev–Trinajstić information content (AvgIpc) is 3.42. The van der Waals surface area contributed by atoms with E-state index in [2.05, 4.69) is 20.9 Å². The third-order valence-electron chi connectivity index (χ3n) is 4.93. The van der Waals surface area contributed by atoms with E-state index in [-0.39, 0.29) is 33.4 Å². The normalized spacial score (nSPS) is 11.8. The molecule has 0 amide bonds. The number of benzene rings is 2. The second kappa shape index (κ2) is 9.76. The monoisotopic (exact) mass is 586 g/mol. The molecule has 4 aromatic rings. The molecule has 0 aliphatic rings. The summed E-state index contributed by atoms with van der Waals surface area (Å²) in [7, 11) is -4.03. The third kappa shape index (κ3) is 4.64. The number of thiophene rings is 1. The molecule has 6 nitrogen and oxygen atoms in total. The highest BCUT2D eigenvalue weighted by molar-refractivity contribution is 9.10. The minimum atomic E-state index is -4.03. The predicted octanol–water partition coefficient (Wildman–Crippen LogP) is 5.92. The maximum atomic E-state index is 14.2. The van der Waals surface area contributed by atoms with Crippen molar-refractivity contribution < 1.29 is 26.7 Å². The number of hydrogen-bond acceptors (Lipinski definition) is 7. The standard InChI is InChI=1S/C22H17BrF2N2O4S3/c1-3-31-21(28)18-9-19(22(32-2)33-18)34(29,30)14-7-15(23)20-17(8-14)27(11-26-20)10-12-6-13(24)4-5-16(12)25/h4-9,11H,3,10H2,1-2H3. The van der Waals surface area contributed by atoms with E-state index in [1.165, 1.54) is 36.3 Å². The molecule has 0 bridgehead atoms. The summed E-state index contributed by atoms with van der Waals surface area (Å²) in [4.78, 5) is 16.6. The van der Waals surface area contributed by atoms with Gasteiger partial charge in [0.1, 0.15) is 22.0 Å². The van der Waals surface area contributed by atoms with Crippen molar-refractivity contribution in [2.75, 3.05) is 12.9 Å². The lowest BCUT2D eigenvalue weighted by Crippen LogP contribution is -2.05. The van der Waals surface area contributed by atoms with Crippen molar-refractivity contribution in [1.29, 1.82) is 0 Å². The lowest BCUT2D eigenvalue weighted by molar-refractivity contribution is 0.0532. The van der Waals surface area contributed by atoms with E-state index in [1.54, 1.807) is 17.7 Å². The number of aromatic nitrogens is 2. The molecule has 178 valence electrons. The van der Waals surface area contributed by atoms with E-state index in [4.69, 9.17) is 4.74 Å². The van der Waals surface area contributed by atoms with Crippen LogP contribution in [0.2, 0.25) is 0 Å². The zero-order chi connectivity index (χ0) is 24.6. The van der Waals surface area contributed by atoms with Crippen molar-refractivity contribution in [3.63, 3.8) is 0 Å². The Kier molecular flexibility index (Phi) is 7.13. The van der Waals surface area contributed by atoms with Gasteiger partial charge >= 0.3 is 5.97 Å². The first-order valence-corrected chi connectivity index (χ1v) is 14.2. The Labute approximate surface area is 211 Å². The molecule has 12 heteroatoms. The van der Waals surface area contributed by atoms with Crippen LogP contribution in [0.15, 0.2) is 61.2 Å². The van der Waals surface area contributed by atoms with Crippen molar-refractivity contribution in [3.8, 4) is 0 Å². The van der Waals surface area contributed by atoms with Crippen LogP contribution >= 0.6 is 39.0 Å². The van der Waals surface area contributed by atoms with E-state index >= 15 is 0 Å². The highest BCUT2D eigenvalue weighted by Crippen LogP contribution is 2.39. The summed E-state index contributed by atoms with van der Waals surface area (Å²) in [6, 6.07) is 7.35. The van der Waals surface area contributed by atoms with Crippen LogP contribution in [-0.2, 0) is 21.1 Å². The number of carbonyl (C=O) groups is 1. The average molecular weight is 587 g/mol. The van der Waals surface area contributed by atoms with Crippen LogP contribution in [0.5, 0.6) is 0 Å². The van der Waals surface area contributed by atoms with Gasteiger partial charge in [0.25, 0.3) is 0 Å². The molecule has 0 aliphatic heterocycles. The molecule has 0 atom stereocenters. The number of carbonyl (C=O) groups excluding carboxylic acids is 1. The van der Waals surface area contributed by atoms with Gasteiger partial charge in [-0.15, -0.1) is 23.1 Å². The number of halogens is 3. The Morgan fingerprint density at radius 2 is 2.00 bits per heavy atom. The molecule has 0 spiro atoms. The van der Waals surface area contributed by atoms with Gasteiger partial charge in [-0.3, -0.25) is 0 Å². The maximum Gasteiger partial charge on any atom is 0.348 e. The van der Waals surface area contributed by atoms with E-state index in [1.807, 2.05) is 0 Å². The van der Waals surface area contributed by atoms with Gasteiger partial charge in [0, 0.05) is 10.0 Å². The van der Waals surface area contributed by atoms with Gasteiger partial charge in [0.05, 0.1) is 39.0 Å². The first-order valence-electron chi connectivity index (χ1n) is 9.84. The summed E-state index contributed by atoms with van der Waals surface area (Å²) in [5.74, 6) is -1.75. The fourth-order valence-electron chi connectivity index (χ4n) is 3.34. The van der Waals surface area contributed by atoms with Crippen LogP contribution in [0.25, 0.3) is 11.0 Å². The minimum Gasteiger partial charge on any atom is -0.462 e. The molecule has 2 aromatic heterocycles. The number of esters is 1. The zero-order valence-electron chi connectivity index (χ0n) is 17.8. The molecule has 0 N–H and O–H groups in total. The number of nitrogens with zero attached hydrogens (tertiary/aromatic N) is 2. The third-order valence-corrected chi connectivity index (χ3v) is 9.80. The Morgan fingerprint density at radius 1 is 1.24 bits per heavy atom. The molecule has 0 unspecified atom stereocenters. The number of rotatable bonds is 7. The lowest BCUT2D eigenvalue weighted by Gasteiger charge is -2.09. The first-order chi connectivity index (χ1) is 16.1. The van der Waals surface area contributed by atoms with Crippen LogP contribution in [0.1, 0.15) is 22.2 Å². The highest BCUT2D eigenvalue weighted by Gasteiger charge is 2.28. The summed E-state index contributed by atoms with van der Waals surface area (Å²) < 4.78 is 62.4. The fraction of sp³-hybridized carbons (Fsp3) is 0.182. The van der Waals surface area contributed by atoms with Gasteiger partial charge in [0.15, 0.2) is 0 Å². The first kappa shape index (κ1) is 24.8. The molecule has 0 saturated heterocycles. The molecular formula is C22H17BrF2N2O4S3. The quantitative estimate of drug-likeness (QED) is 0.198. The largest absolute Gasteiger partial charge is 0.462 e. The van der Waals surface area contributed by atoms with Gasteiger partial charge < -0.3 is 9.30 Å². The Morgan fingerprint density at radius 3 is 2.71 bits per heavy atom. The molecule has 4 rings (SSSR count). The Balaban J connectivity index is 1.81. The number of hydrogen-bond donors (Lipinski definition) is 0. The van der Waals surface area contributed by atoms with Crippen molar-refractivity contribution in [1.82, 2.24) is 9.55 Å². The van der Waals surface area contributed by atoms with Crippen LogP contribution in [0.3, 0.4) is 0 Å². The SMILES string of the molecule is CCOC(=O)c1cc(S(=O)(=O)c2cc(Br)c3ncn(Cc4cc(F)ccc4F)c3c2)c(SC)s1. The minimum absolute atomic E-state index is 0.00143. The second-order valence-electron chi connectivity index (χ2n) is 7.07. The van der Waals surface area contributed by atoms with Gasteiger partial charge in [-0.1, -0.05) is 0 Å². The summed E-state index contributed by atoms with van der Waals surface area (Å²) in [5, 5.41) is 0. The number of sulfone groups is 1.